The van der Waals surface area contributed by atoms with Crippen LogP contribution in [0.25, 0.3) is 0 Å². The van der Waals surface area contributed by atoms with Crippen molar-refractivity contribution in [3.63, 3.8) is 0 Å². The van der Waals surface area contributed by atoms with Crippen LogP contribution in [0.15, 0.2) is 11.1 Å². The summed E-state index contributed by atoms with van der Waals surface area (Å²) in [5, 5.41) is 4.16. The smallest absolute Gasteiger partial charge is 0.281 e. The van der Waals surface area contributed by atoms with E-state index in [0.717, 1.165) is 12.3 Å². The molecule has 1 aromatic rings. The second-order valence-electron chi connectivity index (χ2n) is 6.15. The van der Waals surface area contributed by atoms with Crippen LogP contribution in [0, 0.1) is 0 Å². The highest BCUT2D eigenvalue weighted by atomic mass is 32.2. The first kappa shape index (κ1) is 14.4. The van der Waals surface area contributed by atoms with E-state index in [4.69, 9.17) is 0 Å². The van der Waals surface area contributed by atoms with Crippen LogP contribution in [0.1, 0.15) is 41.5 Å². The Morgan fingerprint density at radius 3 is 2.24 bits per heavy atom. The van der Waals surface area contributed by atoms with E-state index in [1.165, 1.54) is 4.68 Å². The highest BCUT2D eigenvalue weighted by Gasteiger charge is 2.18. The van der Waals surface area contributed by atoms with Gasteiger partial charge >= 0.3 is 5.69 Å². The molecule has 1 aromatic heterocycles. The molecule has 0 aliphatic heterocycles. The first-order valence-electron chi connectivity index (χ1n) is 5.90. The molecule has 4 nitrogen and oxygen atoms in total. The molecular formula is C12H23N3OS. The fraction of sp³-hybridized carbons (Fsp3) is 0.833. The van der Waals surface area contributed by atoms with Crippen molar-refractivity contribution in [2.45, 2.75) is 58.4 Å². The van der Waals surface area contributed by atoms with E-state index in [1.54, 1.807) is 10.9 Å². The summed E-state index contributed by atoms with van der Waals surface area (Å²) in [5.41, 5.74) is -0.272. The maximum Gasteiger partial charge on any atom is 0.346 e. The molecule has 0 aromatic carbocycles. The number of hydrogen-bond acceptors (Lipinski definition) is 3. The molecule has 0 atom stereocenters. The molecule has 0 amide bonds. The van der Waals surface area contributed by atoms with E-state index < -0.39 is 0 Å². The lowest BCUT2D eigenvalue weighted by atomic mass is 10.1. The Hall–Kier alpha value is -0.710. The summed E-state index contributed by atoms with van der Waals surface area (Å²) in [6, 6.07) is 0. The number of rotatable bonds is 3. The van der Waals surface area contributed by atoms with Crippen molar-refractivity contribution >= 4 is 11.8 Å². The van der Waals surface area contributed by atoms with Crippen molar-refractivity contribution in [2.24, 2.45) is 0 Å². The minimum Gasteiger partial charge on any atom is -0.281 e. The lowest BCUT2D eigenvalue weighted by molar-refractivity contribution is 0.340. The molecule has 0 radical (unpaired) electrons. The predicted octanol–water partition coefficient (Wildman–Crippen LogP) is 2.33. The first-order valence-corrected chi connectivity index (χ1v) is 6.89. The van der Waals surface area contributed by atoms with Gasteiger partial charge in [-0.1, -0.05) is 20.8 Å². The van der Waals surface area contributed by atoms with Gasteiger partial charge in [0, 0.05) is 17.0 Å². The van der Waals surface area contributed by atoms with Gasteiger partial charge in [0.25, 0.3) is 0 Å². The maximum absolute atomic E-state index is 12.0. The molecule has 17 heavy (non-hydrogen) atoms. The number of hydrogen-bond donors (Lipinski definition) is 0. The highest BCUT2D eigenvalue weighted by molar-refractivity contribution is 8.00. The van der Waals surface area contributed by atoms with E-state index in [2.05, 4.69) is 25.9 Å². The van der Waals surface area contributed by atoms with Gasteiger partial charge in [-0.15, -0.1) is 0 Å². The van der Waals surface area contributed by atoms with Crippen molar-refractivity contribution in [1.29, 1.82) is 0 Å². The fourth-order valence-corrected chi connectivity index (χ4v) is 2.30. The van der Waals surface area contributed by atoms with Gasteiger partial charge in [0.15, 0.2) is 0 Å². The average molecular weight is 257 g/mol. The Morgan fingerprint density at radius 2 is 1.82 bits per heavy atom. The Bertz CT molecular complexity index is 420. The molecule has 0 aliphatic rings. The number of nitrogens with zero attached hydrogens (tertiary/aromatic N) is 3. The average Bonchev–Trinajstić information content (AvgIpc) is 2.44. The lowest BCUT2D eigenvalue weighted by Crippen LogP contribution is -2.36. The molecule has 98 valence electrons. The minimum atomic E-state index is -0.250. The molecule has 0 saturated carbocycles. The summed E-state index contributed by atoms with van der Waals surface area (Å²) >= 11 is 1.86. The van der Waals surface area contributed by atoms with Gasteiger partial charge < -0.3 is 0 Å². The van der Waals surface area contributed by atoms with Crippen LogP contribution in [0.2, 0.25) is 0 Å². The quantitative estimate of drug-likeness (QED) is 0.834. The number of thioether (sulfide) groups is 1. The van der Waals surface area contributed by atoms with Crippen LogP contribution in [0.3, 0.4) is 0 Å². The second-order valence-corrected chi connectivity index (χ2v) is 8.07. The zero-order valence-corrected chi connectivity index (χ0v) is 12.5. The Balaban J connectivity index is 2.69. The van der Waals surface area contributed by atoms with E-state index in [-0.39, 0.29) is 16.0 Å². The van der Waals surface area contributed by atoms with Crippen molar-refractivity contribution in [3.8, 4) is 0 Å². The predicted molar refractivity (Wildman–Crippen MR) is 73.7 cm³/mol. The van der Waals surface area contributed by atoms with Crippen molar-refractivity contribution in [2.75, 3.05) is 5.75 Å². The minimum absolute atomic E-state index is 0.0213. The van der Waals surface area contributed by atoms with E-state index >= 15 is 0 Å². The molecule has 0 saturated heterocycles. The third-order valence-corrected chi connectivity index (χ3v) is 3.49. The third-order valence-electron chi connectivity index (χ3n) is 2.24. The largest absolute Gasteiger partial charge is 0.346 e. The molecule has 0 spiro atoms. The topological polar surface area (TPSA) is 39.8 Å². The SMILES string of the molecule is CC(C)(C)SCCn1cnn(C(C)(C)C)c1=O. The fourth-order valence-electron chi connectivity index (χ4n) is 1.40. The second kappa shape index (κ2) is 4.88. The van der Waals surface area contributed by atoms with E-state index in [9.17, 15) is 4.79 Å². The Kier molecular flexibility index (Phi) is 4.12. The van der Waals surface area contributed by atoms with Gasteiger partial charge in [-0.3, -0.25) is 4.57 Å². The summed E-state index contributed by atoms with van der Waals surface area (Å²) in [7, 11) is 0. The standard InChI is InChI=1S/C12H23N3OS/c1-11(2,3)15-10(16)14(9-13-15)7-8-17-12(4,5)6/h9H,7-8H2,1-6H3. The lowest BCUT2D eigenvalue weighted by Gasteiger charge is -2.18. The van der Waals surface area contributed by atoms with Gasteiger partial charge in [0.1, 0.15) is 6.33 Å². The van der Waals surface area contributed by atoms with Crippen LogP contribution >= 0.6 is 11.8 Å². The van der Waals surface area contributed by atoms with Crippen LogP contribution in [0.5, 0.6) is 0 Å². The van der Waals surface area contributed by atoms with Crippen LogP contribution < -0.4 is 5.69 Å². The zero-order chi connectivity index (χ0) is 13.3. The summed E-state index contributed by atoms with van der Waals surface area (Å²) in [4.78, 5) is 12.0. The Morgan fingerprint density at radius 1 is 1.24 bits per heavy atom. The van der Waals surface area contributed by atoms with Crippen LogP contribution in [0.4, 0.5) is 0 Å². The zero-order valence-electron chi connectivity index (χ0n) is 11.6. The van der Waals surface area contributed by atoms with Gasteiger partial charge in [-0.25, -0.2) is 9.48 Å². The van der Waals surface area contributed by atoms with E-state index in [1.807, 2.05) is 32.5 Å². The third kappa shape index (κ3) is 4.22. The number of aromatic nitrogens is 3. The van der Waals surface area contributed by atoms with Crippen molar-refractivity contribution < 1.29 is 0 Å². The van der Waals surface area contributed by atoms with E-state index in [0.29, 0.717) is 0 Å². The maximum atomic E-state index is 12.0. The van der Waals surface area contributed by atoms with Gasteiger partial charge in [0.2, 0.25) is 0 Å². The summed E-state index contributed by atoms with van der Waals surface area (Å²) in [6.07, 6.45) is 1.64. The molecular weight excluding hydrogens is 234 g/mol. The highest BCUT2D eigenvalue weighted by Crippen LogP contribution is 2.22. The molecule has 1 rings (SSSR count). The number of aryl methyl sites for hydroxylation is 1. The molecule has 0 unspecified atom stereocenters. The first-order chi connectivity index (χ1) is 7.61. The molecule has 5 heteroatoms. The summed E-state index contributed by atoms with van der Waals surface area (Å²) in [5.74, 6) is 0.930. The van der Waals surface area contributed by atoms with Gasteiger partial charge in [-0.2, -0.15) is 16.9 Å². The van der Waals surface area contributed by atoms with Gasteiger partial charge in [0.05, 0.1) is 5.54 Å². The van der Waals surface area contributed by atoms with Crippen molar-refractivity contribution in [3.05, 3.63) is 16.8 Å². The molecule has 0 fully saturated rings. The molecule has 0 aliphatic carbocycles. The summed E-state index contributed by atoms with van der Waals surface area (Å²) < 4.78 is 3.46. The Labute approximate surface area is 107 Å². The van der Waals surface area contributed by atoms with Crippen molar-refractivity contribution in [1.82, 2.24) is 14.3 Å². The molecule has 0 bridgehead atoms. The molecule has 1 heterocycles. The summed E-state index contributed by atoms with van der Waals surface area (Å²) in [6.45, 7) is 13.2. The van der Waals surface area contributed by atoms with Crippen LogP contribution in [-0.4, -0.2) is 24.8 Å². The normalized spacial score (nSPS) is 13.1. The monoisotopic (exact) mass is 257 g/mol. The van der Waals surface area contributed by atoms with Crippen LogP contribution in [-0.2, 0) is 12.1 Å². The molecule has 0 N–H and O–H groups in total. The van der Waals surface area contributed by atoms with Gasteiger partial charge in [-0.05, 0) is 20.8 Å².